The number of ether oxygens (including phenoxy) is 4. The summed E-state index contributed by atoms with van der Waals surface area (Å²) in [4.78, 5) is 38.5. The Morgan fingerprint density at radius 1 is 0.917 bits per heavy atom. The molecule has 2 bridgehead atoms. The van der Waals surface area contributed by atoms with E-state index in [1.165, 1.54) is 12.8 Å². The number of methoxy groups -OCH3 is 1. The van der Waals surface area contributed by atoms with Crippen molar-refractivity contribution in [3.63, 3.8) is 0 Å². The van der Waals surface area contributed by atoms with Gasteiger partial charge in [0, 0.05) is 53.4 Å². The molecule has 1 saturated carbocycles. The molecule has 2 aromatic heterocycles. The second-order valence-electron chi connectivity index (χ2n) is 17.2. The highest BCUT2D eigenvalue weighted by Gasteiger charge is 2.66. The van der Waals surface area contributed by atoms with Gasteiger partial charge in [-0.2, -0.15) is 0 Å². The van der Waals surface area contributed by atoms with Crippen molar-refractivity contribution in [2.75, 3.05) is 20.3 Å². The number of carbonyl (C=O) groups excluding carboxylic acids is 3. The summed E-state index contributed by atoms with van der Waals surface area (Å²) in [6, 6.07) is 22.0. The van der Waals surface area contributed by atoms with E-state index >= 15 is 0 Å². The normalized spacial score (nSPS) is 24.2. The van der Waals surface area contributed by atoms with Crippen LogP contribution < -0.4 is 20.1 Å². The van der Waals surface area contributed by atoms with Crippen molar-refractivity contribution in [1.29, 1.82) is 0 Å². The van der Waals surface area contributed by atoms with E-state index in [4.69, 9.17) is 18.9 Å². The highest BCUT2D eigenvalue weighted by molar-refractivity contribution is 6.31. The van der Waals surface area contributed by atoms with E-state index in [1.54, 1.807) is 14.0 Å². The van der Waals surface area contributed by atoms with Crippen molar-refractivity contribution in [1.82, 2.24) is 19.8 Å². The number of hydrogen-bond donors (Lipinski definition) is 3. The van der Waals surface area contributed by atoms with E-state index in [1.807, 2.05) is 71.3 Å². The summed E-state index contributed by atoms with van der Waals surface area (Å²) in [7, 11) is 1.66. The quantitative estimate of drug-likeness (QED) is 0.0929. The Bertz CT molecular complexity index is 2710. The molecular formula is C48H52N4O8. The number of aromatic nitrogens is 2. The molecule has 3 fully saturated rings. The van der Waals surface area contributed by atoms with Crippen molar-refractivity contribution < 1.29 is 38.4 Å². The molecule has 0 radical (unpaired) electrons. The third kappa shape index (κ3) is 5.81. The Morgan fingerprint density at radius 2 is 1.67 bits per heavy atom. The van der Waals surface area contributed by atoms with E-state index in [2.05, 4.69) is 22.1 Å². The molecule has 12 nitrogen and oxygen atoms in total. The van der Waals surface area contributed by atoms with Crippen LogP contribution in [-0.4, -0.2) is 64.0 Å². The van der Waals surface area contributed by atoms with Crippen molar-refractivity contribution in [2.24, 2.45) is 0 Å². The number of unbranched alkanes of at least 4 members (excludes halogenated alkanes) is 3. The van der Waals surface area contributed by atoms with Crippen molar-refractivity contribution in [3.05, 3.63) is 83.4 Å². The van der Waals surface area contributed by atoms with Crippen LogP contribution >= 0.6 is 0 Å². The van der Waals surface area contributed by atoms with Crippen LogP contribution in [0.15, 0.2) is 66.7 Å². The van der Waals surface area contributed by atoms with E-state index in [-0.39, 0.29) is 30.8 Å². The zero-order valence-electron chi connectivity index (χ0n) is 34.5. The zero-order valence-corrected chi connectivity index (χ0v) is 34.5. The number of nitrogens with zero attached hydrogens (tertiary/aromatic N) is 2. The number of nitrogens with one attached hydrogen (secondary N) is 2. The maximum absolute atomic E-state index is 13.8. The third-order valence-corrected chi connectivity index (χ3v) is 13.6. The van der Waals surface area contributed by atoms with Gasteiger partial charge in [-0.3, -0.25) is 9.59 Å². The Labute approximate surface area is 348 Å². The highest BCUT2D eigenvalue weighted by Crippen LogP contribution is 2.58. The van der Waals surface area contributed by atoms with Gasteiger partial charge in [-0.25, -0.2) is 4.79 Å². The van der Waals surface area contributed by atoms with E-state index in [9.17, 15) is 19.5 Å². The second kappa shape index (κ2) is 14.8. The van der Waals surface area contributed by atoms with Gasteiger partial charge in [0.25, 0.3) is 5.91 Å². The Kier molecular flexibility index (Phi) is 9.55. The number of amides is 2. The van der Waals surface area contributed by atoms with Gasteiger partial charge in [0.15, 0.2) is 17.2 Å². The van der Waals surface area contributed by atoms with Gasteiger partial charge in [0.05, 0.1) is 47.5 Å². The summed E-state index contributed by atoms with van der Waals surface area (Å²) in [5.74, 6) is 1.23. The lowest BCUT2D eigenvalue weighted by molar-refractivity contribution is -0.204. The highest BCUT2D eigenvalue weighted by atomic mass is 16.6. The summed E-state index contributed by atoms with van der Waals surface area (Å²) in [5.41, 5.74) is 2.90. The first kappa shape index (κ1) is 38.6. The minimum absolute atomic E-state index is 0.0296. The van der Waals surface area contributed by atoms with E-state index in [0.717, 1.165) is 105 Å². The van der Waals surface area contributed by atoms with Crippen LogP contribution in [0.2, 0.25) is 0 Å². The van der Waals surface area contributed by atoms with Crippen LogP contribution in [0.25, 0.3) is 43.6 Å². The van der Waals surface area contributed by atoms with Crippen LogP contribution in [0, 0.1) is 0 Å². The zero-order chi connectivity index (χ0) is 41.3. The van der Waals surface area contributed by atoms with E-state index in [0.29, 0.717) is 31.2 Å². The lowest BCUT2D eigenvalue weighted by Gasteiger charge is -2.37. The molecule has 4 unspecified atom stereocenters. The average Bonchev–Trinajstić information content (AvgIpc) is 4.12. The molecule has 2 amide bonds. The molecule has 1 aliphatic carbocycles. The first-order valence-corrected chi connectivity index (χ1v) is 21.6. The number of carbonyl (C=O) groups is 3. The molecule has 4 aliphatic heterocycles. The lowest BCUT2D eigenvalue weighted by atomic mass is 9.88. The molecule has 5 aliphatic rings. The maximum Gasteiger partial charge on any atom is 0.343 e. The Balaban J connectivity index is 0.000000182. The van der Waals surface area contributed by atoms with Crippen LogP contribution in [0.5, 0.6) is 11.5 Å². The molecule has 12 heteroatoms. The number of para-hydroxylation sites is 2. The molecule has 4 atom stereocenters. The van der Waals surface area contributed by atoms with Crippen LogP contribution in [0.3, 0.4) is 0 Å². The minimum Gasteiger partial charge on any atom is -0.493 e. The molecule has 60 heavy (non-hydrogen) atoms. The fourth-order valence-corrected chi connectivity index (χ4v) is 10.6. The van der Waals surface area contributed by atoms with Crippen molar-refractivity contribution in [3.8, 4) is 11.5 Å². The van der Waals surface area contributed by atoms with Gasteiger partial charge in [-0.15, -0.1) is 0 Å². The number of benzene rings is 4. The third-order valence-electron chi connectivity index (χ3n) is 13.6. The smallest absolute Gasteiger partial charge is 0.343 e. The predicted molar refractivity (Wildman–Crippen MR) is 228 cm³/mol. The predicted octanol–water partition coefficient (Wildman–Crippen LogP) is 8.23. The molecule has 0 spiro atoms. The topological polar surface area (TPSA) is 142 Å². The summed E-state index contributed by atoms with van der Waals surface area (Å²) in [5, 5.41) is 22.1. The van der Waals surface area contributed by atoms with Gasteiger partial charge < -0.3 is 43.8 Å². The molecule has 3 N–H and O–H groups in total. The maximum atomic E-state index is 13.8. The fraction of sp³-hybridized carbons (Fsp3) is 0.438. The summed E-state index contributed by atoms with van der Waals surface area (Å²) < 4.78 is 28.1. The lowest BCUT2D eigenvalue weighted by Crippen LogP contribution is -2.56. The number of fused-ring (bicyclic) bond motifs is 13. The molecule has 6 aromatic rings. The number of aliphatic hydroxyl groups is 1. The SMILES string of the molecule is CCCCCCOC(=O)C1(O)CC2OC1(C)n1c3ccccc3c3c4c(c5c6ccccc6n2c5c31)C(=O)NC4.COc1ccc(C2CNC(=O)C2)cc1OC1CCCC1. The minimum atomic E-state index is -1.93. The molecule has 6 heterocycles. The molecule has 2 saturated heterocycles. The number of hydrogen-bond acceptors (Lipinski definition) is 8. The summed E-state index contributed by atoms with van der Waals surface area (Å²) in [6.45, 7) is 5.33. The monoisotopic (exact) mass is 812 g/mol. The number of esters is 1. The molecule has 11 rings (SSSR count). The molecule has 312 valence electrons. The van der Waals surface area contributed by atoms with Gasteiger partial charge in [-0.05, 0) is 74.4 Å². The largest absolute Gasteiger partial charge is 0.493 e. The Morgan fingerprint density at radius 3 is 2.40 bits per heavy atom. The van der Waals surface area contributed by atoms with Crippen LogP contribution in [0.4, 0.5) is 0 Å². The van der Waals surface area contributed by atoms with Crippen LogP contribution in [0.1, 0.15) is 112 Å². The first-order chi connectivity index (χ1) is 29.2. The summed E-state index contributed by atoms with van der Waals surface area (Å²) in [6.07, 6.45) is 8.88. The molecule has 4 aromatic carbocycles. The standard InChI is InChI=1S/C32H31N3O5.C16H21NO3/c1-3-4-5-10-15-39-30(37)32(38)16-23-34-21-13-8-6-11-18(21)25-26-20(17-33-29(26)36)24-19-12-7-9-14-22(19)35(28(24)27(25)34)31(32,2)40-23;1-19-14-7-6-11(12-9-16(18)17-10-12)8-15(14)20-13-4-2-3-5-13/h6-9,11-14,23,38H,3-5,10,15-17H2,1-2H3,(H,33,36);6-8,12-13H,2-5,9-10H2,1H3,(H,17,18). The Hall–Kier alpha value is -5.59. The van der Waals surface area contributed by atoms with Gasteiger partial charge in [0.2, 0.25) is 11.5 Å². The van der Waals surface area contributed by atoms with Gasteiger partial charge in [-0.1, -0.05) is 68.7 Å². The van der Waals surface area contributed by atoms with E-state index < -0.39 is 23.5 Å². The van der Waals surface area contributed by atoms with Crippen molar-refractivity contribution >= 4 is 61.4 Å². The fourth-order valence-electron chi connectivity index (χ4n) is 10.6. The van der Waals surface area contributed by atoms with Crippen molar-refractivity contribution in [2.45, 2.75) is 114 Å². The summed E-state index contributed by atoms with van der Waals surface area (Å²) >= 11 is 0. The average molecular weight is 813 g/mol. The van der Waals surface area contributed by atoms with Gasteiger partial charge >= 0.3 is 5.97 Å². The molecular weight excluding hydrogens is 761 g/mol. The number of rotatable bonds is 10. The first-order valence-electron chi connectivity index (χ1n) is 21.6. The van der Waals surface area contributed by atoms with Gasteiger partial charge in [0.1, 0.15) is 6.23 Å². The second-order valence-corrected chi connectivity index (χ2v) is 17.2. The van der Waals surface area contributed by atoms with Crippen LogP contribution in [-0.2, 0) is 31.3 Å².